The number of nitrogens with one attached hydrogen (secondary N) is 1. The summed E-state index contributed by atoms with van der Waals surface area (Å²) in [6.45, 7) is 2.63. The van der Waals surface area contributed by atoms with Gasteiger partial charge in [0.25, 0.3) is 0 Å². The number of hydrogen-bond donors (Lipinski definition) is 2. The van der Waals surface area contributed by atoms with Gasteiger partial charge in [0, 0.05) is 19.3 Å². The van der Waals surface area contributed by atoms with Gasteiger partial charge in [-0.3, -0.25) is 4.79 Å². The van der Waals surface area contributed by atoms with Crippen molar-refractivity contribution in [1.82, 2.24) is 5.32 Å². The lowest BCUT2D eigenvalue weighted by molar-refractivity contribution is -0.124. The number of carbonyl (C=O) groups is 1. The van der Waals surface area contributed by atoms with Gasteiger partial charge in [-0.15, -0.1) is 0 Å². The Balaban J connectivity index is 2.33. The van der Waals surface area contributed by atoms with E-state index in [9.17, 15) is 4.79 Å². The van der Waals surface area contributed by atoms with E-state index in [1.54, 1.807) is 7.11 Å². The van der Waals surface area contributed by atoms with E-state index in [-0.39, 0.29) is 11.4 Å². The van der Waals surface area contributed by atoms with Crippen molar-refractivity contribution in [2.24, 2.45) is 5.73 Å². The molecule has 1 fully saturated rings. The first-order valence-corrected chi connectivity index (χ1v) is 5.64. The van der Waals surface area contributed by atoms with E-state index in [1.807, 2.05) is 0 Å². The highest BCUT2D eigenvalue weighted by atomic mass is 16.5. The van der Waals surface area contributed by atoms with Gasteiger partial charge < -0.3 is 15.8 Å². The fraction of sp³-hybridized carbons (Fsp3) is 0.909. The molecule has 0 aromatic rings. The number of rotatable bonds is 5. The Bertz CT molecular complexity index is 213. The monoisotopic (exact) mass is 214 g/mol. The van der Waals surface area contributed by atoms with Gasteiger partial charge in [-0.25, -0.2) is 0 Å². The van der Waals surface area contributed by atoms with Gasteiger partial charge in [-0.1, -0.05) is 12.8 Å². The molecule has 0 aromatic carbocycles. The average Bonchev–Trinajstić information content (AvgIpc) is 2.61. The number of amides is 1. The largest absolute Gasteiger partial charge is 0.385 e. The number of ether oxygens (including phenoxy) is 1. The Kier molecular flexibility index (Phi) is 4.54. The summed E-state index contributed by atoms with van der Waals surface area (Å²) in [6.07, 6.45) is 5.11. The van der Waals surface area contributed by atoms with Crippen LogP contribution in [0, 0.1) is 0 Å². The van der Waals surface area contributed by atoms with E-state index >= 15 is 0 Å². The predicted octanol–water partition coefficient (Wildman–Crippen LogP) is 0.799. The fourth-order valence-corrected chi connectivity index (χ4v) is 2.05. The molecule has 1 atom stereocenters. The Morgan fingerprint density at radius 1 is 1.53 bits per heavy atom. The minimum atomic E-state index is -0.442. The fourth-order valence-electron chi connectivity index (χ4n) is 2.05. The molecule has 1 aliphatic carbocycles. The van der Waals surface area contributed by atoms with Crippen LogP contribution in [0.2, 0.25) is 0 Å². The Hall–Kier alpha value is -0.610. The summed E-state index contributed by atoms with van der Waals surface area (Å²) in [6, 6.07) is -0.442. The molecule has 0 saturated heterocycles. The Labute approximate surface area is 91.5 Å². The summed E-state index contributed by atoms with van der Waals surface area (Å²) in [5, 5.41) is 3.04. The first-order chi connectivity index (χ1) is 7.07. The topological polar surface area (TPSA) is 64.3 Å². The molecule has 0 aromatic heterocycles. The highest BCUT2D eigenvalue weighted by Gasteiger charge is 2.31. The maximum atomic E-state index is 11.7. The van der Waals surface area contributed by atoms with Crippen molar-refractivity contribution in [3.63, 3.8) is 0 Å². The van der Waals surface area contributed by atoms with Gasteiger partial charge in [0.1, 0.15) is 0 Å². The molecule has 15 heavy (non-hydrogen) atoms. The standard InChI is InChI=1S/C11H22N2O2/c1-11(6-3-4-7-11)13-10(14)9(12)5-8-15-2/h9H,3-8,12H2,1-2H3,(H,13,14). The third-order valence-electron chi connectivity index (χ3n) is 3.10. The van der Waals surface area contributed by atoms with Crippen LogP contribution in [0.1, 0.15) is 39.0 Å². The van der Waals surface area contributed by atoms with Crippen molar-refractivity contribution in [2.45, 2.75) is 50.6 Å². The van der Waals surface area contributed by atoms with Crippen LogP contribution in [0.15, 0.2) is 0 Å². The summed E-state index contributed by atoms with van der Waals surface area (Å²) >= 11 is 0. The smallest absolute Gasteiger partial charge is 0.237 e. The lowest BCUT2D eigenvalue weighted by Gasteiger charge is -2.27. The molecule has 1 rings (SSSR count). The number of methoxy groups -OCH3 is 1. The number of hydrogen-bond acceptors (Lipinski definition) is 3. The first kappa shape index (κ1) is 12.5. The van der Waals surface area contributed by atoms with Crippen LogP contribution in [0.4, 0.5) is 0 Å². The molecule has 1 unspecified atom stereocenters. The molecule has 0 heterocycles. The highest BCUT2D eigenvalue weighted by Crippen LogP contribution is 2.28. The molecule has 1 saturated carbocycles. The summed E-state index contributed by atoms with van der Waals surface area (Å²) in [5.74, 6) is -0.0450. The van der Waals surface area contributed by atoms with Crippen LogP contribution >= 0.6 is 0 Å². The molecule has 3 N–H and O–H groups in total. The van der Waals surface area contributed by atoms with Gasteiger partial charge in [0.15, 0.2) is 0 Å². The minimum Gasteiger partial charge on any atom is -0.385 e. The Morgan fingerprint density at radius 2 is 2.13 bits per heavy atom. The van der Waals surface area contributed by atoms with Gasteiger partial charge in [0.05, 0.1) is 6.04 Å². The molecule has 0 radical (unpaired) electrons. The van der Waals surface area contributed by atoms with Crippen molar-refractivity contribution in [3.05, 3.63) is 0 Å². The van der Waals surface area contributed by atoms with E-state index in [0.717, 1.165) is 12.8 Å². The van der Waals surface area contributed by atoms with Crippen LogP contribution < -0.4 is 11.1 Å². The zero-order chi connectivity index (χ0) is 11.3. The molecule has 4 heteroatoms. The molecular weight excluding hydrogens is 192 g/mol. The number of nitrogens with two attached hydrogens (primary N) is 1. The van der Waals surface area contributed by atoms with Crippen molar-refractivity contribution in [2.75, 3.05) is 13.7 Å². The van der Waals surface area contributed by atoms with E-state index < -0.39 is 6.04 Å². The van der Waals surface area contributed by atoms with Gasteiger partial charge in [-0.05, 0) is 26.2 Å². The van der Waals surface area contributed by atoms with E-state index in [2.05, 4.69) is 12.2 Å². The van der Waals surface area contributed by atoms with Crippen molar-refractivity contribution >= 4 is 5.91 Å². The zero-order valence-corrected chi connectivity index (χ0v) is 9.71. The van der Waals surface area contributed by atoms with Gasteiger partial charge in [0.2, 0.25) is 5.91 Å². The molecule has 1 amide bonds. The summed E-state index contributed by atoms with van der Waals surface area (Å²) in [4.78, 5) is 11.7. The average molecular weight is 214 g/mol. The second-order valence-electron chi connectivity index (χ2n) is 4.64. The van der Waals surface area contributed by atoms with Crippen LogP contribution in [-0.4, -0.2) is 31.2 Å². The normalized spacial score (nSPS) is 21.3. The molecule has 4 nitrogen and oxygen atoms in total. The second kappa shape index (κ2) is 5.47. The van der Waals surface area contributed by atoms with Crippen LogP contribution in [0.25, 0.3) is 0 Å². The quantitative estimate of drug-likeness (QED) is 0.711. The molecule has 88 valence electrons. The van der Waals surface area contributed by atoms with Crippen molar-refractivity contribution < 1.29 is 9.53 Å². The predicted molar refractivity (Wildman–Crippen MR) is 59.5 cm³/mol. The lowest BCUT2D eigenvalue weighted by atomic mass is 10.00. The summed E-state index contributed by atoms with van der Waals surface area (Å²) in [7, 11) is 1.61. The van der Waals surface area contributed by atoms with Crippen molar-refractivity contribution in [3.8, 4) is 0 Å². The SMILES string of the molecule is COCCC(N)C(=O)NC1(C)CCCC1. The van der Waals surface area contributed by atoms with E-state index in [4.69, 9.17) is 10.5 Å². The minimum absolute atomic E-state index is 0.0260. The number of carbonyl (C=O) groups excluding carboxylic acids is 1. The third-order valence-corrected chi connectivity index (χ3v) is 3.10. The highest BCUT2D eigenvalue weighted by molar-refractivity contribution is 5.82. The summed E-state index contributed by atoms with van der Waals surface area (Å²) in [5.41, 5.74) is 5.72. The maximum absolute atomic E-state index is 11.7. The molecule has 0 aliphatic heterocycles. The lowest BCUT2D eigenvalue weighted by Crippen LogP contribution is -2.50. The van der Waals surface area contributed by atoms with Gasteiger partial charge >= 0.3 is 0 Å². The molecular formula is C11H22N2O2. The molecule has 0 spiro atoms. The van der Waals surface area contributed by atoms with Crippen LogP contribution in [0.5, 0.6) is 0 Å². The second-order valence-corrected chi connectivity index (χ2v) is 4.64. The zero-order valence-electron chi connectivity index (χ0n) is 9.71. The molecule has 1 aliphatic rings. The van der Waals surface area contributed by atoms with Crippen LogP contribution in [0.3, 0.4) is 0 Å². The van der Waals surface area contributed by atoms with Crippen molar-refractivity contribution in [1.29, 1.82) is 0 Å². The first-order valence-electron chi connectivity index (χ1n) is 5.64. The Morgan fingerprint density at radius 3 is 2.67 bits per heavy atom. The van der Waals surface area contributed by atoms with E-state index in [1.165, 1.54) is 12.8 Å². The molecule has 0 bridgehead atoms. The third kappa shape index (κ3) is 3.80. The van der Waals surface area contributed by atoms with Crippen LogP contribution in [-0.2, 0) is 9.53 Å². The maximum Gasteiger partial charge on any atom is 0.237 e. The van der Waals surface area contributed by atoms with E-state index in [0.29, 0.717) is 13.0 Å². The summed E-state index contributed by atoms with van der Waals surface area (Å²) < 4.78 is 4.90. The van der Waals surface area contributed by atoms with Gasteiger partial charge in [-0.2, -0.15) is 0 Å².